The highest BCUT2D eigenvalue weighted by atomic mass is 35.5. The van der Waals surface area contributed by atoms with Gasteiger partial charge >= 0.3 is 0 Å². The van der Waals surface area contributed by atoms with Gasteiger partial charge in [-0.3, -0.25) is 0 Å². The first-order valence-electron chi connectivity index (χ1n) is 9.83. The molecule has 3 rings (SSSR count). The topological polar surface area (TPSA) is 81.4 Å². The lowest BCUT2D eigenvalue weighted by Gasteiger charge is -2.35. The van der Waals surface area contributed by atoms with Gasteiger partial charge < -0.3 is 5.11 Å². The fourth-order valence-corrected chi connectivity index (χ4v) is 5.77. The van der Waals surface area contributed by atoms with E-state index in [1.165, 1.54) is 16.4 Å². The smallest absolute Gasteiger partial charge is 0.243 e. The lowest BCUT2D eigenvalue weighted by Crippen LogP contribution is -2.44. The van der Waals surface area contributed by atoms with Crippen molar-refractivity contribution in [3.05, 3.63) is 64.7 Å². The molecule has 0 aliphatic heterocycles. The Bertz CT molecular complexity index is 953. The summed E-state index contributed by atoms with van der Waals surface area (Å²) >= 11 is 5.95. The van der Waals surface area contributed by atoms with Crippen LogP contribution in [0.15, 0.2) is 53.4 Å². The summed E-state index contributed by atoms with van der Waals surface area (Å²) in [5, 5.41) is 19.5. The maximum Gasteiger partial charge on any atom is 0.243 e. The first-order chi connectivity index (χ1) is 14.0. The van der Waals surface area contributed by atoms with Crippen LogP contribution in [0.2, 0.25) is 5.02 Å². The second-order valence-electron chi connectivity index (χ2n) is 7.46. The van der Waals surface area contributed by atoms with Crippen molar-refractivity contribution in [1.29, 1.82) is 5.26 Å². The molecule has 0 radical (unpaired) electrons. The van der Waals surface area contributed by atoms with E-state index in [4.69, 9.17) is 16.9 Å². The van der Waals surface area contributed by atoms with Gasteiger partial charge in [0.15, 0.2) is 0 Å². The van der Waals surface area contributed by atoms with E-state index in [0.29, 0.717) is 17.0 Å². The standard InChI is InChI=1S/C22H25ClN2O3S/c23-20-10-12-21(13-11-20)29(27,28)25(15-18-8-6-17(14-24)7-9-18)22-5-3-1-2-4-19(22)16-26/h6-13,19,22,26H,1-5,15-16H2. The van der Waals surface area contributed by atoms with Gasteiger partial charge in [0.05, 0.1) is 16.5 Å². The fraction of sp³-hybridized carbons (Fsp3) is 0.409. The summed E-state index contributed by atoms with van der Waals surface area (Å²) in [5.74, 6) is -0.0991. The number of aliphatic hydroxyl groups excluding tert-OH is 1. The highest BCUT2D eigenvalue weighted by Gasteiger charge is 2.36. The van der Waals surface area contributed by atoms with Crippen LogP contribution < -0.4 is 0 Å². The van der Waals surface area contributed by atoms with Crippen molar-refractivity contribution in [1.82, 2.24) is 4.31 Å². The molecule has 0 bridgehead atoms. The molecule has 29 heavy (non-hydrogen) atoms. The SMILES string of the molecule is N#Cc1ccc(CN(C2CCCCCC2CO)S(=O)(=O)c2ccc(Cl)cc2)cc1. The van der Waals surface area contributed by atoms with Crippen LogP contribution in [-0.4, -0.2) is 30.5 Å². The average molecular weight is 433 g/mol. The van der Waals surface area contributed by atoms with Crippen molar-refractivity contribution in [3.63, 3.8) is 0 Å². The van der Waals surface area contributed by atoms with Crippen LogP contribution in [0.1, 0.15) is 43.2 Å². The summed E-state index contributed by atoms with van der Waals surface area (Å²) in [5.41, 5.74) is 1.34. The Kier molecular flexibility index (Phi) is 7.31. The minimum Gasteiger partial charge on any atom is -0.396 e. The largest absolute Gasteiger partial charge is 0.396 e. The van der Waals surface area contributed by atoms with Gasteiger partial charge in [-0.1, -0.05) is 43.0 Å². The molecule has 2 unspecified atom stereocenters. The van der Waals surface area contributed by atoms with E-state index in [9.17, 15) is 13.5 Å². The Hall–Kier alpha value is -1.91. The van der Waals surface area contributed by atoms with Gasteiger partial charge in [-0.25, -0.2) is 8.42 Å². The van der Waals surface area contributed by atoms with Crippen LogP contribution in [0, 0.1) is 17.2 Å². The zero-order valence-corrected chi connectivity index (χ0v) is 17.7. The zero-order valence-electron chi connectivity index (χ0n) is 16.2. The molecule has 1 N–H and O–H groups in total. The molecule has 2 atom stereocenters. The van der Waals surface area contributed by atoms with Gasteiger partial charge in [-0.2, -0.15) is 9.57 Å². The lowest BCUT2D eigenvalue weighted by molar-refractivity contribution is 0.139. The molecule has 1 aliphatic carbocycles. The molecular formula is C22H25ClN2O3S. The van der Waals surface area contributed by atoms with Crippen LogP contribution in [0.4, 0.5) is 0 Å². The minimum absolute atomic E-state index is 0.0370. The van der Waals surface area contributed by atoms with E-state index in [2.05, 4.69) is 6.07 Å². The van der Waals surface area contributed by atoms with E-state index in [0.717, 1.165) is 31.2 Å². The molecule has 7 heteroatoms. The molecule has 154 valence electrons. The molecule has 1 fully saturated rings. The number of benzene rings is 2. The summed E-state index contributed by atoms with van der Waals surface area (Å²) < 4.78 is 28.7. The summed E-state index contributed by atoms with van der Waals surface area (Å²) in [6.07, 6.45) is 4.49. The number of rotatable bonds is 6. The fourth-order valence-electron chi connectivity index (χ4n) is 3.94. The van der Waals surface area contributed by atoms with Gasteiger partial charge in [0.2, 0.25) is 10.0 Å². The number of sulfonamides is 1. The van der Waals surface area contributed by atoms with E-state index in [1.807, 2.05) is 0 Å². The first-order valence-corrected chi connectivity index (χ1v) is 11.6. The monoisotopic (exact) mass is 432 g/mol. The van der Waals surface area contributed by atoms with Crippen molar-refractivity contribution < 1.29 is 13.5 Å². The molecule has 2 aromatic carbocycles. The summed E-state index contributed by atoms with van der Waals surface area (Å²) in [6, 6.07) is 15.0. The molecule has 1 saturated carbocycles. The maximum absolute atomic E-state index is 13.6. The summed E-state index contributed by atoms with van der Waals surface area (Å²) in [4.78, 5) is 0.191. The molecule has 0 saturated heterocycles. The Morgan fingerprint density at radius 2 is 1.69 bits per heavy atom. The minimum atomic E-state index is -3.79. The molecule has 2 aromatic rings. The Morgan fingerprint density at radius 3 is 2.31 bits per heavy atom. The van der Waals surface area contributed by atoms with Crippen LogP contribution in [0.5, 0.6) is 0 Å². The highest BCUT2D eigenvalue weighted by Crippen LogP contribution is 2.32. The molecule has 1 aliphatic rings. The number of aliphatic hydroxyl groups is 1. The third-order valence-corrected chi connectivity index (χ3v) is 7.70. The molecule has 0 aromatic heterocycles. The molecule has 5 nitrogen and oxygen atoms in total. The van der Waals surface area contributed by atoms with Gasteiger partial charge in [0, 0.05) is 24.2 Å². The second kappa shape index (κ2) is 9.73. The molecule has 0 amide bonds. The third-order valence-electron chi connectivity index (χ3n) is 5.57. The Balaban J connectivity index is 2.01. The number of halogens is 1. The van der Waals surface area contributed by atoms with Crippen molar-refractivity contribution in [3.8, 4) is 6.07 Å². The predicted molar refractivity (Wildman–Crippen MR) is 113 cm³/mol. The molecular weight excluding hydrogens is 408 g/mol. The van der Waals surface area contributed by atoms with Crippen molar-refractivity contribution >= 4 is 21.6 Å². The number of nitrogens with zero attached hydrogens (tertiary/aromatic N) is 2. The zero-order chi connectivity index (χ0) is 20.9. The van der Waals surface area contributed by atoms with E-state index in [1.54, 1.807) is 36.4 Å². The number of hydrogen-bond donors (Lipinski definition) is 1. The maximum atomic E-state index is 13.6. The van der Waals surface area contributed by atoms with E-state index in [-0.39, 0.29) is 30.0 Å². The first kappa shape index (κ1) is 21.8. The normalized spacial score (nSPS) is 20.2. The quantitative estimate of drug-likeness (QED) is 0.688. The van der Waals surface area contributed by atoms with Crippen LogP contribution in [0.25, 0.3) is 0 Å². The Labute approximate surface area is 177 Å². The van der Waals surface area contributed by atoms with Gasteiger partial charge in [-0.15, -0.1) is 0 Å². The van der Waals surface area contributed by atoms with Crippen LogP contribution in [-0.2, 0) is 16.6 Å². The van der Waals surface area contributed by atoms with Crippen LogP contribution in [0.3, 0.4) is 0 Å². The van der Waals surface area contributed by atoms with E-state index < -0.39 is 10.0 Å². The van der Waals surface area contributed by atoms with Gasteiger partial charge in [0.25, 0.3) is 0 Å². The number of hydrogen-bond acceptors (Lipinski definition) is 4. The second-order valence-corrected chi connectivity index (χ2v) is 9.79. The highest BCUT2D eigenvalue weighted by molar-refractivity contribution is 7.89. The molecule has 0 spiro atoms. The predicted octanol–water partition coefficient (Wildman–Crippen LogP) is 4.34. The lowest BCUT2D eigenvalue weighted by atomic mass is 9.95. The Morgan fingerprint density at radius 1 is 1.03 bits per heavy atom. The third kappa shape index (κ3) is 5.18. The van der Waals surface area contributed by atoms with Gasteiger partial charge in [0.1, 0.15) is 0 Å². The molecule has 0 heterocycles. The van der Waals surface area contributed by atoms with Crippen LogP contribution >= 0.6 is 11.6 Å². The average Bonchev–Trinajstić information content (AvgIpc) is 2.98. The van der Waals surface area contributed by atoms with Crippen molar-refractivity contribution in [2.45, 2.75) is 49.6 Å². The summed E-state index contributed by atoms with van der Waals surface area (Å²) in [6.45, 7) is 0.155. The van der Waals surface area contributed by atoms with Crippen molar-refractivity contribution in [2.75, 3.05) is 6.61 Å². The van der Waals surface area contributed by atoms with E-state index >= 15 is 0 Å². The van der Waals surface area contributed by atoms with Gasteiger partial charge in [-0.05, 0) is 60.7 Å². The summed E-state index contributed by atoms with van der Waals surface area (Å²) in [7, 11) is -3.79. The number of nitriles is 1. The van der Waals surface area contributed by atoms with Crippen molar-refractivity contribution in [2.24, 2.45) is 5.92 Å².